The Bertz CT molecular complexity index is 285. The number of hydrogen-bond donors (Lipinski definition) is 1. The molecule has 2 N–H and O–H groups in total. The fourth-order valence-corrected chi connectivity index (χ4v) is 1.68. The second kappa shape index (κ2) is 4.09. The van der Waals surface area contributed by atoms with Crippen LogP contribution in [0.3, 0.4) is 0 Å². The molecule has 1 heterocycles. The van der Waals surface area contributed by atoms with Crippen LogP contribution < -0.4 is 5.73 Å². The molecule has 0 aliphatic rings. The lowest BCUT2D eigenvalue weighted by Gasteiger charge is -2.24. The van der Waals surface area contributed by atoms with E-state index >= 15 is 0 Å². The van der Waals surface area contributed by atoms with Gasteiger partial charge in [0.05, 0.1) is 0 Å². The zero-order chi connectivity index (χ0) is 10.8. The summed E-state index contributed by atoms with van der Waals surface area (Å²) in [5.74, 6) is 1.30. The fourth-order valence-electron chi connectivity index (χ4n) is 1.68. The Hall–Kier alpha value is -0.900. The molecule has 14 heavy (non-hydrogen) atoms. The first-order chi connectivity index (χ1) is 6.44. The van der Waals surface area contributed by atoms with E-state index in [0.29, 0.717) is 12.5 Å². The van der Waals surface area contributed by atoms with Crippen LogP contribution >= 0.6 is 0 Å². The third-order valence-electron chi connectivity index (χ3n) is 2.25. The molecule has 1 aromatic heterocycles. The predicted octanol–water partition coefficient (Wildman–Crippen LogP) is 1.29. The summed E-state index contributed by atoms with van der Waals surface area (Å²) in [5, 5.41) is 7.98. The van der Waals surface area contributed by atoms with Crippen molar-refractivity contribution in [2.24, 2.45) is 18.2 Å². The van der Waals surface area contributed by atoms with Gasteiger partial charge in [0.2, 0.25) is 0 Å². The van der Waals surface area contributed by atoms with Gasteiger partial charge < -0.3 is 10.3 Å². The molecule has 1 atom stereocenters. The molecule has 1 unspecified atom stereocenters. The van der Waals surface area contributed by atoms with E-state index in [1.807, 2.05) is 11.6 Å². The van der Waals surface area contributed by atoms with E-state index in [4.69, 9.17) is 5.73 Å². The molecule has 1 aromatic rings. The smallest absolute Gasteiger partial charge is 0.136 e. The van der Waals surface area contributed by atoms with E-state index in [1.165, 1.54) is 0 Å². The molecular formula is C10H20N4. The summed E-state index contributed by atoms with van der Waals surface area (Å²) in [6, 6.07) is 0. The monoisotopic (exact) mass is 196 g/mol. The van der Waals surface area contributed by atoms with E-state index in [0.717, 1.165) is 12.2 Å². The molecule has 0 aromatic carbocycles. The third-order valence-corrected chi connectivity index (χ3v) is 2.25. The summed E-state index contributed by atoms with van der Waals surface area (Å²) in [6.07, 6.45) is 2.76. The van der Waals surface area contributed by atoms with Crippen LogP contribution in [0.4, 0.5) is 0 Å². The van der Waals surface area contributed by atoms with E-state index in [1.54, 1.807) is 6.33 Å². The van der Waals surface area contributed by atoms with Crippen LogP contribution in [0, 0.1) is 5.41 Å². The minimum absolute atomic E-state index is 0.274. The molecule has 80 valence electrons. The van der Waals surface area contributed by atoms with Gasteiger partial charge in [-0.25, -0.2) is 0 Å². The van der Waals surface area contributed by atoms with Crippen LogP contribution in [-0.2, 0) is 7.05 Å². The summed E-state index contributed by atoms with van der Waals surface area (Å²) < 4.78 is 1.95. The van der Waals surface area contributed by atoms with Gasteiger partial charge in [0, 0.05) is 19.5 Å². The highest BCUT2D eigenvalue weighted by Crippen LogP contribution is 2.28. The predicted molar refractivity (Wildman–Crippen MR) is 56.9 cm³/mol. The van der Waals surface area contributed by atoms with Crippen molar-refractivity contribution >= 4 is 0 Å². The number of aryl methyl sites for hydroxylation is 1. The second-order valence-electron chi connectivity index (χ2n) is 5.00. The van der Waals surface area contributed by atoms with Crippen molar-refractivity contribution in [1.29, 1.82) is 0 Å². The largest absolute Gasteiger partial charge is 0.330 e. The number of nitrogens with two attached hydrogens (primary N) is 1. The summed E-state index contributed by atoms with van der Waals surface area (Å²) in [7, 11) is 1.96. The van der Waals surface area contributed by atoms with Crippen molar-refractivity contribution in [1.82, 2.24) is 14.8 Å². The molecule has 0 bridgehead atoms. The first-order valence-corrected chi connectivity index (χ1v) is 4.98. The molecule has 0 aliphatic heterocycles. The summed E-state index contributed by atoms with van der Waals surface area (Å²) >= 11 is 0. The average molecular weight is 196 g/mol. The fraction of sp³-hybridized carbons (Fsp3) is 0.800. The lowest BCUT2D eigenvalue weighted by molar-refractivity contribution is 0.333. The summed E-state index contributed by atoms with van der Waals surface area (Å²) in [6.45, 7) is 7.27. The van der Waals surface area contributed by atoms with Gasteiger partial charge in [-0.1, -0.05) is 20.8 Å². The van der Waals surface area contributed by atoms with Gasteiger partial charge in [0.1, 0.15) is 12.2 Å². The van der Waals surface area contributed by atoms with Crippen LogP contribution in [0.1, 0.15) is 38.9 Å². The SMILES string of the molecule is Cn1cnnc1C(CN)CC(C)(C)C. The van der Waals surface area contributed by atoms with Gasteiger partial charge in [-0.2, -0.15) is 0 Å². The Morgan fingerprint density at radius 3 is 2.50 bits per heavy atom. The minimum atomic E-state index is 0.274. The molecular weight excluding hydrogens is 176 g/mol. The normalized spacial score (nSPS) is 14.4. The van der Waals surface area contributed by atoms with Crippen molar-refractivity contribution in [2.45, 2.75) is 33.1 Å². The lowest BCUT2D eigenvalue weighted by Crippen LogP contribution is -2.22. The Morgan fingerprint density at radius 1 is 1.50 bits per heavy atom. The number of hydrogen-bond acceptors (Lipinski definition) is 3. The maximum Gasteiger partial charge on any atom is 0.136 e. The molecule has 4 nitrogen and oxygen atoms in total. The maximum absolute atomic E-state index is 5.76. The van der Waals surface area contributed by atoms with Crippen molar-refractivity contribution in [3.8, 4) is 0 Å². The molecule has 4 heteroatoms. The van der Waals surface area contributed by atoms with Gasteiger partial charge in [-0.15, -0.1) is 10.2 Å². The number of aromatic nitrogens is 3. The van der Waals surface area contributed by atoms with E-state index < -0.39 is 0 Å². The van der Waals surface area contributed by atoms with E-state index in [9.17, 15) is 0 Å². The average Bonchev–Trinajstić information content (AvgIpc) is 2.45. The summed E-state index contributed by atoms with van der Waals surface area (Å²) in [4.78, 5) is 0. The Morgan fingerprint density at radius 2 is 2.14 bits per heavy atom. The molecule has 1 rings (SSSR count). The summed E-state index contributed by atoms with van der Waals surface area (Å²) in [5.41, 5.74) is 6.03. The van der Waals surface area contributed by atoms with Gasteiger partial charge in [0.15, 0.2) is 0 Å². The van der Waals surface area contributed by atoms with Crippen molar-refractivity contribution in [3.05, 3.63) is 12.2 Å². The van der Waals surface area contributed by atoms with Crippen molar-refractivity contribution in [3.63, 3.8) is 0 Å². The van der Waals surface area contributed by atoms with Gasteiger partial charge >= 0.3 is 0 Å². The van der Waals surface area contributed by atoms with Crippen LogP contribution in [0.2, 0.25) is 0 Å². The maximum atomic E-state index is 5.76. The van der Waals surface area contributed by atoms with Gasteiger partial charge in [-0.3, -0.25) is 0 Å². The molecule has 0 radical (unpaired) electrons. The first kappa shape index (κ1) is 11.2. The Kier molecular flexibility index (Phi) is 3.26. The second-order valence-corrected chi connectivity index (χ2v) is 5.00. The standard InChI is InChI=1S/C10H20N4/c1-10(2,3)5-8(6-11)9-13-12-7-14(9)4/h7-8H,5-6,11H2,1-4H3. The van der Waals surface area contributed by atoms with Crippen LogP contribution in [0.15, 0.2) is 6.33 Å². The zero-order valence-corrected chi connectivity index (χ0v) is 9.49. The van der Waals surface area contributed by atoms with Crippen molar-refractivity contribution in [2.75, 3.05) is 6.54 Å². The van der Waals surface area contributed by atoms with E-state index in [2.05, 4.69) is 31.0 Å². The third kappa shape index (κ3) is 2.80. The number of nitrogens with zero attached hydrogens (tertiary/aromatic N) is 3. The molecule has 0 fully saturated rings. The van der Waals surface area contributed by atoms with E-state index in [-0.39, 0.29) is 5.41 Å². The molecule has 0 saturated heterocycles. The molecule has 0 saturated carbocycles. The highest BCUT2D eigenvalue weighted by molar-refractivity contribution is 4.97. The molecule has 0 spiro atoms. The van der Waals surface area contributed by atoms with Crippen LogP contribution in [0.5, 0.6) is 0 Å². The minimum Gasteiger partial charge on any atom is -0.330 e. The van der Waals surface area contributed by atoms with Gasteiger partial charge in [0.25, 0.3) is 0 Å². The molecule has 0 aliphatic carbocycles. The highest BCUT2D eigenvalue weighted by Gasteiger charge is 2.22. The number of rotatable bonds is 3. The van der Waals surface area contributed by atoms with Gasteiger partial charge in [-0.05, 0) is 11.8 Å². The quantitative estimate of drug-likeness (QED) is 0.792. The van der Waals surface area contributed by atoms with Crippen molar-refractivity contribution < 1.29 is 0 Å². The highest BCUT2D eigenvalue weighted by atomic mass is 15.2. The Balaban J connectivity index is 2.78. The lowest BCUT2D eigenvalue weighted by atomic mass is 9.84. The topological polar surface area (TPSA) is 56.7 Å². The van der Waals surface area contributed by atoms with Crippen LogP contribution in [-0.4, -0.2) is 21.3 Å². The zero-order valence-electron chi connectivity index (χ0n) is 9.49. The van der Waals surface area contributed by atoms with Crippen LogP contribution in [0.25, 0.3) is 0 Å². The first-order valence-electron chi connectivity index (χ1n) is 4.98. The molecule has 0 amide bonds. The Labute approximate surface area is 85.5 Å².